The average molecular weight is 264 g/mol. The highest BCUT2D eigenvalue weighted by atomic mass is 16.5. The molecule has 1 N–H and O–H groups in total. The van der Waals surface area contributed by atoms with Crippen LogP contribution in [-0.4, -0.2) is 24.4 Å². The summed E-state index contributed by atoms with van der Waals surface area (Å²) >= 11 is 0. The Balaban J connectivity index is 2.13. The van der Waals surface area contributed by atoms with Crippen molar-refractivity contribution in [2.75, 3.05) is 7.11 Å². The van der Waals surface area contributed by atoms with Gasteiger partial charge in [-0.15, -0.1) is 0 Å². The van der Waals surface area contributed by atoms with Crippen LogP contribution in [0.25, 0.3) is 0 Å². The second kappa shape index (κ2) is 6.29. The molecule has 0 spiro atoms. The van der Waals surface area contributed by atoms with E-state index in [1.165, 1.54) is 5.56 Å². The lowest BCUT2D eigenvalue weighted by Crippen LogP contribution is -2.37. The van der Waals surface area contributed by atoms with Crippen LogP contribution in [0.15, 0.2) is 18.2 Å². The molecule has 1 aromatic rings. The Labute approximate surface area is 115 Å². The standard InChI is InChI=1S/C16H24O3/c1-4-12-6-8-14(16(10-12)18-3)19-15-9-11(2)5-7-13(15)17/h6,8,10-11,13,15,17H,4-5,7,9H2,1-3H3. The van der Waals surface area contributed by atoms with Gasteiger partial charge < -0.3 is 14.6 Å². The lowest BCUT2D eigenvalue weighted by atomic mass is 9.86. The van der Waals surface area contributed by atoms with E-state index in [9.17, 15) is 5.11 Å². The van der Waals surface area contributed by atoms with Crippen molar-refractivity contribution in [1.82, 2.24) is 0 Å². The molecule has 3 heteroatoms. The van der Waals surface area contributed by atoms with Crippen molar-refractivity contribution in [3.63, 3.8) is 0 Å². The number of aliphatic hydroxyl groups is 1. The van der Waals surface area contributed by atoms with Crippen LogP contribution in [0.3, 0.4) is 0 Å². The fourth-order valence-electron chi connectivity index (χ4n) is 2.63. The summed E-state index contributed by atoms with van der Waals surface area (Å²) in [7, 11) is 1.65. The largest absolute Gasteiger partial charge is 0.493 e. The monoisotopic (exact) mass is 264 g/mol. The lowest BCUT2D eigenvalue weighted by Gasteiger charge is -2.32. The van der Waals surface area contributed by atoms with Gasteiger partial charge in [0.15, 0.2) is 11.5 Å². The third-order valence-electron chi connectivity index (χ3n) is 3.93. The number of aliphatic hydroxyl groups excluding tert-OH is 1. The molecule has 2 rings (SSSR count). The van der Waals surface area contributed by atoms with Crippen LogP contribution in [0.1, 0.15) is 38.7 Å². The van der Waals surface area contributed by atoms with Gasteiger partial charge in [-0.3, -0.25) is 0 Å². The molecule has 0 bridgehead atoms. The predicted molar refractivity (Wildman–Crippen MR) is 75.8 cm³/mol. The van der Waals surface area contributed by atoms with Gasteiger partial charge in [0.2, 0.25) is 0 Å². The minimum Gasteiger partial charge on any atom is -0.493 e. The Kier molecular flexibility index (Phi) is 4.70. The summed E-state index contributed by atoms with van der Waals surface area (Å²) in [4.78, 5) is 0. The number of hydrogen-bond donors (Lipinski definition) is 1. The van der Waals surface area contributed by atoms with Crippen LogP contribution in [0, 0.1) is 5.92 Å². The van der Waals surface area contributed by atoms with Gasteiger partial charge in [0.1, 0.15) is 6.10 Å². The molecule has 1 aliphatic rings. The minimum absolute atomic E-state index is 0.120. The van der Waals surface area contributed by atoms with Crippen molar-refractivity contribution in [2.24, 2.45) is 5.92 Å². The van der Waals surface area contributed by atoms with E-state index in [0.29, 0.717) is 5.92 Å². The topological polar surface area (TPSA) is 38.7 Å². The zero-order valence-electron chi connectivity index (χ0n) is 12.1. The van der Waals surface area contributed by atoms with E-state index in [0.717, 1.165) is 37.2 Å². The molecular weight excluding hydrogens is 240 g/mol. The fourth-order valence-corrected chi connectivity index (χ4v) is 2.63. The Morgan fingerprint density at radius 1 is 1.26 bits per heavy atom. The van der Waals surface area contributed by atoms with E-state index >= 15 is 0 Å². The molecule has 1 aliphatic carbocycles. The van der Waals surface area contributed by atoms with Crippen LogP contribution in [0.4, 0.5) is 0 Å². The van der Waals surface area contributed by atoms with Gasteiger partial charge in [0, 0.05) is 0 Å². The maximum atomic E-state index is 10.0. The third-order valence-corrected chi connectivity index (χ3v) is 3.93. The van der Waals surface area contributed by atoms with E-state index in [4.69, 9.17) is 9.47 Å². The Hall–Kier alpha value is -1.22. The molecule has 19 heavy (non-hydrogen) atoms. The minimum atomic E-state index is -0.369. The first-order chi connectivity index (χ1) is 9.13. The molecule has 0 amide bonds. The van der Waals surface area contributed by atoms with E-state index in [-0.39, 0.29) is 12.2 Å². The molecule has 1 fully saturated rings. The number of hydrogen-bond acceptors (Lipinski definition) is 3. The van der Waals surface area contributed by atoms with Gasteiger partial charge in [-0.1, -0.05) is 19.9 Å². The van der Waals surface area contributed by atoms with Gasteiger partial charge in [-0.05, 0) is 49.3 Å². The van der Waals surface area contributed by atoms with E-state index in [1.54, 1.807) is 7.11 Å². The zero-order valence-corrected chi connectivity index (χ0v) is 12.1. The first-order valence-corrected chi connectivity index (χ1v) is 7.15. The normalized spacial score (nSPS) is 27.1. The summed E-state index contributed by atoms with van der Waals surface area (Å²) in [5, 5.41) is 10.0. The van der Waals surface area contributed by atoms with Crippen LogP contribution < -0.4 is 9.47 Å². The maximum Gasteiger partial charge on any atom is 0.161 e. The maximum absolute atomic E-state index is 10.0. The van der Waals surface area contributed by atoms with Gasteiger partial charge in [-0.25, -0.2) is 0 Å². The molecule has 0 aliphatic heterocycles. The van der Waals surface area contributed by atoms with Gasteiger partial charge in [0.05, 0.1) is 13.2 Å². The Morgan fingerprint density at radius 2 is 2.05 bits per heavy atom. The summed E-state index contributed by atoms with van der Waals surface area (Å²) in [6, 6.07) is 6.01. The van der Waals surface area contributed by atoms with Gasteiger partial charge in [0.25, 0.3) is 0 Å². The lowest BCUT2D eigenvalue weighted by molar-refractivity contribution is -0.00865. The number of aryl methyl sites for hydroxylation is 1. The van der Waals surface area contributed by atoms with Crippen molar-refractivity contribution in [1.29, 1.82) is 0 Å². The smallest absolute Gasteiger partial charge is 0.161 e. The molecule has 3 unspecified atom stereocenters. The average Bonchev–Trinajstić information content (AvgIpc) is 2.43. The molecule has 1 saturated carbocycles. The van der Waals surface area contributed by atoms with E-state index in [2.05, 4.69) is 19.9 Å². The second-order valence-corrected chi connectivity index (χ2v) is 5.48. The van der Waals surface area contributed by atoms with Crippen LogP contribution in [-0.2, 0) is 6.42 Å². The summed E-state index contributed by atoms with van der Waals surface area (Å²) < 4.78 is 11.4. The molecule has 0 radical (unpaired) electrons. The zero-order chi connectivity index (χ0) is 13.8. The van der Waals surface area contributed by atoms with Crippen molar-refractivity contribution in [2.45, 2.75) is 51.7 Å². The molecule has 106 valence electrons. The van der Waals surface area contributed by atoms with Gasteiger partial charge in [-0.2, -0.15) is 0 Å². The molecule has 0 heterocycles. The molecule has 3 atom stereocenters. The number of ether oxygens (including phenoxy) is 2. The molecule has 1 aromatic carbocycles. The van der Waals surface area contributed by atoms with Crippen molar-refractivity contribution in [3.05, 3.63) is 23.8 Å². The second-order valence-electron chi connectivity index (χ2n) is 5.48. The SMILES string of the molecule is CCc1ccc(OC2CC(C)CCC2O)c(OC)c1. The van der Waals surface area contributed by atoms with Crippen LogP contribution in [0.5, 0.6) is 11.5 Å². The van der Waals surface area contributed by atoms with Crippen LogP contribution >= 0.6 is 0 Å². The molecule has 3 nitrogen and oxygen atoms in total. The summed E-state index contributed by atoms with van der Waals surface area (Å²) in [6.07, 6.45) is 3.28. The first-order valence-electron chi connectivity index (χ1n) is 7.15. The summed E-state index contributed by atoms with van der Waals surface area (Å²) in [6.45, 7) is 4.32. The first kappa shape index (κ1) is 14.2. The van der Waals surface area contributed by atoms with Crippen molar-refractivity contribution in [3.8, 4) is 11.5 Å². The fraction of sp³-hybridized carbons (Fsp3) is 0.625. The highest BCUT2D eigenvalue weighted by molar-refractivity contribution is 5.43. The highest BCUT2D eigenvalue weighted by Gasteiger charge is 2.29. The number of rotatable bonds is 4. The molecule has 0 saturated heterocycles. The predicted octanol–water partition coefficient (Wildman–Crippen LogP) is 3.19. The number of methoxy groups -OCH3 is 1. The van der Waals surface area contributed by atoms with Crippen molar-refractivity contribution >= 4 is 0 Å². The van der Waals surface area contributed by atoms with Crippen molar-refractivity contribution < 1.29 is 14.6 Å². The Morgan fingerprint density at radius 3 is 2.74 bits per heavy atom. The quantitative estimate of drug-likeness (QED) is 0.907. The summed E-state index contributed by atoms with van der Waals surface area (Å²) in [5.74, 6) is 2.09. The third kappa shape index (κ3) is 3.41. The van der Waals surface area contributed by atoms with Gasteiger partial charge >= 0.3 is 0 Å². The highest BCUT2D eigenvalue weighted by Crippen LogP contribution is 2.33. The number of benzene rings is 1. The van der Waals surface area contributed by atoms with E-state index in [1.807, 2.05) is 12.1 Å². The Bertz CT molecular complexity index is 416. The van der Waals surface area contributed by atoms with E-state index < -0.39 is 0 Å². The molecule has 0 aromatic heterocycles. The van der Waals surface area contributed by atoms with Crippen LogP contribution in [0.2, 0.25) is 0 Å². The molecular formula is C16H24O3. The summed E-state index contributed by atoms with van der Waals surface area (Å²) in [5.41, 5.74) is 1.22.